The second-order valence-electron chi connectivity index (χ2n) is 4.12. The van der Waals surface area contributed by atoms with Gasteiger partial charge in [0.25, 0.3) is 5.91 Å². The minimum Gasteiger partial charge on any atom is -0.502 e. The quantitative estimate of drug-likeness (QED) is 0.638. The highest BCUT2D eigenvalue weighted by atomic mass is 16.5. The first-order valence-electron chi connectivity index (χ1n) is 5.71. The first kappa shape index (κ1) is 13.9. The molecule has 9 heteroatoms. The number of aromatic nitrogens is 1. The Bertz CT molecular complexity index is 623. The van der Waals surface area contributed by atoms with E-state index in [9.17, 15) is 19.5 Å². The number of nitrogens with zero attached hydrogens (tertiary/aromatic N) is 2. The number of pyridine rings is 1. The molecule has 3 N–H and O–H groups in total. The van der Waals surface area contributed by atoms with Crippen molar-refractivity contribution < 1.29 is 24.5 Å². The molecule has 20 heavy (non-hydrogen) atoms. The van der Waals surface area contributed by atoms with Crippen LogP contribution in [0.15, 0.2) is 11.0 Å². The molecule has 0 saturated heterocycles. The third-order valence-corrected chi connectivity index (χ3v) is 2.90. The molecule has 0 spiro atoms. The van der Waals surface area contributed by atoms with Gasteiger partial charge in [0.15, 0.2) is 11.4 Å². The van der Waals surface area contributed by atoms with Gasteiger partial charge in [-0.1, -0.05) is 0 Å². The lowest BCUT2D eigenvalue weighted by Gasteiger charge is -2.31. The van der Waals surface area contributed by atoms with E-state index in [4.69, 9.17) is 9.84 Å². The topological polar surface area (TPSA) is 121 Å². The molecule has 1 aromatic heterocycles. The van der Waals surface area contributed by atoms with Gasteiger partial charge in [-0.15, -0.1) is 0 Å². The molecule has 1 aliphatic rings. The second kappa shape index (κ2) is 5.21. The molecule has 1 aromatic rings. The summed E-state index contributed by atoms with van der Waals surface area (Å²) in [5, 5.41) is 18.6. The monoisotopic (exact) mass is 283 g/mol. The molecule has 0 fully saturated rings. The molecule has 1 amide bonds. The van der Waals surface area contributed by atoms with Crippen LogP contribution in [0.4, 0.5) is 0 Å². The first-order valence-corrected chi connectivity index (χ1v) is 5.71. The molecule has 0 saturated carbocycles. The van der Waals surface area contributed by atoms with Gasteiger partial charge < -0.3 is 25.3 Å². The van der Waals surface area contributed by atoms with Crippen molar-refractivity contribution in [3.8, 4) is 5.75 Å². The van der Waals surface area contributed by atoms with Crippen LogP contribution in [0.5, 0.6) is 5.75 Å². The fraction of sp³-hybridized carbons (Fsp3) is 0.364. The SMILES string of the molecule is COCCN1CNn2cc(C(=O)O)c(=O)c(O)c2C1=O. The summed E-state index contributed by atoms with van der Waals surface area (Å²) in [6, 6.07) is 0. The van der Waals surface area contributed by atoms with Gasteiger partial charge in [-0.25, -0.2) is 4.79 Å². The van der Waals surface area contributed by atoms with Crippen LogP contribution in [-0.4, -0.2) is 58.6 Å². The number of aromatic carboxylic acids is 1. The van der Waals surface area contributed by atoms with Gasteiger partial charge >= 0.3 is 5.97 Å². The minimum absolute atomic E-state index is 0.108. The summed E-state index contributed by atoms with van der Waals surface area (Å²) in [5.74, 6) is -2.94. The summed E-state index contributed by atoms with van der Waals surface area (Å²) in [5.41, 5.74) is 0.726. The van der Waals surface area contributed by atoms with E-state index in [0.29, 0.717) is 6.61 Å². The zero-order valence-corrected chi connectivity index (χ0v) is 10.6. The molecule has 2 rings (SSSR count). The lowest BCUT2D eigenvalue weighted by atomic mass is 10.2. The standard InChI is InChI=1S/C11H13N3O6/c1-20-3-2-13-5-12-14-4-6(11(18)19)8(15)9(16)7(14)10(13)17/h4,12,16H,2-3,5H2,1H3,(H,18,19). The number of methoxy groups -OCH3 is 1. The van der Waals surface area contributed by atoms with E-state index in [1.807, 2.05) is 0 Å². The molecule has 0 aromatic carbocycles. The molecule has 0 aliphatic carbocycles. The largest absolute Gasteiger partial charge is 0.502 e. The Kier molecular flexibility index (Phi) is 3.61. The molecule has 9 nitrogen and oxygen atoms in total. The van der Waals surface area contributed by atoms with Crippen molar-refractivity contribution in [3.05, 3.63) is 27.7 Å². The minimum atomic E-state index is -1.48. The van der Waals surface area contributed by atoms with Crippen LogP contribution in [0.2, 0.25) is 0 Å². The van der Waals surface area contributed by atoms with E-state index in [2.05, 4.69) is 5.43 Å². The van der Waals surface area contributed by atoms with E-state index >= 15 is 0 Å². The molecule has 0 bridgehead atoms. The number of rotatable bonds is 4. The highest BCUT2D eigenvalue weighted by Gasteiger charge is 2.30. The van der Waals surface area contributed by atoms with Crippen LogP contribution in [0.25, 0.3) is 0 Å². The average molecular weight is 283 g/mol. The number of nitrogens with one attached hydrogen (secondary N) is 1. The third-order valence-electron chi connectivity index (χ3n) is 2.90. The Balaban J connectivity index is 2.46. The number of amides is 1. The van der Waals surface area contributed by atoms with Crippen molar-refractivity contribution in [1.29, 1.82) is 0 Å². The predicted molar refractivity (Wildman–Crippen MR) is 66.5 cm³/mol. The molecule has 0 radical (unpaired) electrons. The van der Waals surface area contributed by atoms with Crippen LogP contribution < -0.4 is 10.9 Å². The van der Waals surface area contributed by atoms with Gasteiger partial charge in [0.1, 0.15) is 12.2 Å². The summed E-state index contributed by atoms with van der Waals surface area (Å²) >= 11 is 0. The lowest BCUT2D eigenvalue weighted by Crippen LogP contribution is -2.47. The van der Waals surface area contributed by atoms with E-state index < -0.39 is 28.6 Å². The lowest BCUT2D eigenvalue weighted by molar-refractivity contribution is 0.0651. The predicted octanol–water partition coefficient (Wildman–Crippen LogP) is -1.14. The average Bonchev–Trinajstić information content (AvgIpc) is 2.41. The van der Waals surface area contributed by atoms with Gasteiger partial charge in [-0.2, -0.15) is 0 Å². The smallest absolute Gasteiger partial charge is 0.341 e. The van der Waals surface area contributed by atoms with Gasteiger partial charge in [0.2, 0.25) is 5.43 Å². The van der Waals surface area contributed by atoms with Gasteiger partial charge in [-0.3, -0.25) is 14.3 Å². The fourth-order valence-electron chi connectivity index (χ4n) is 1.85. The number of fused-ring (bicyclic) bond motifs is 1. The van der Waals surface area contributed by atoms with E-state index in [1.54, 1.807) is 0 Å². The Morgan fingerprint density at radius 1 is 1.50 bits per heavy atom. The number of carboxylic acids is 1. The Morgan fingerprint density at radius 3 is 2.80 bits per heavy atom. The van der Waals surface area contributed by atoms with Crippen molar-refractivity contribution >= 4 is 11.9 Å². The Labute approximate surface area is 113 Å². The van der Waals surface area contributed by atoms with Gasteiger partial charge in [-0.05, 0) is 0 Å². The number of hydrogen-bond acceptors (Lipinski definition) is 6. The third kappa shape index (κ3) is 2.18. The molecule has 2 heterocycles. The Hall–Kier alpha value is -2.55. The number of hydrogen-bond donors (Lipinski definition) is 3. The zero-order valence-electron chi connectivity index (χ0n) is 10.6. The van der Waals surface area contributed by atoms with E-state index in [-0.39, 0.29) is 18.9 Å². The van der Waals surface area contributed by atoms with Crippen LogP contribution in [-0.2, 0) is 4.74 Å². The van der Waals surface area contributed by atoms with E-state index in [0.717, 1.165) is 10.9 Å². The van der Waals surface area contributed by atoms with Crippen LogP contribution >= 0.6 is 0 Å². The van der Waals surface area contributed by atoms with Crippen LogP contribution in [0, 0.1) is 0 Å². The summed E-state index contributed by atoms with van der Waals surface area (Å²) in [7, 11) is 1.48. The maximum absolute atomic E-state index is 12.1. The molecule has 0 unspecified atom stereocenters. The van der Waals surface area contributed by atoms with E-state index in [1.165, 1.54) is 12.0 Å². The zero-order chi connectivity index (χ0) is 14.9. The molecule has 108 valence electrons. The highest BCUT2D eigenvalue weighted by molar-refractivity contribution is 5.97. The normalized spacial score (nSPS) is 13.8. The van der Waals surface area contributed by atoms with Crippen LogP contribution in [0.3, 0.4) is 0 Å². The molecule has 1 aliphatic heterocycles. The first-order chi connectivity index (χ1) is 9.47. The number of carbonyl (C=O) groups excluding carboxylic acids is 1. The van der Waals surface area contributed by atoms with Crippen molar-refractivity contribution in [3.63, 3.8) is 0 Å². The molecule has 0 atom stereocenters. The summed E-state index contributed by atoms with van der Waals surface area (Å²) in [6.07, 6.45) is 0.977. The number of carbonyl (C=O) groups is 2. The van der Waals surface area contributed by atoms with Crippen molar-refractivity contribution in [2.75, 3.05) is 32.4 Å². The van der Waals surface area contributed by atoms with Crippen molar-refractivity contribution in [1.82, 2.24) is 9.58 Å². The number of aromatic hydroxyl groups is 1. The maximum Gasteiger partial charge on any atom is 0.341 e. The van der Waals surface area contributed by atoms with Crippen LogP contribution in [0.1, 0.15) is 20.8 Å². The molecular weight excluding hydrogens is 270 g/mol. The van der Waals surface area contributed by atoms with Gasteiger partial charge in [0.05, 0.1) is 6.61 Å². The highest BCUT2D eigenvalue weighted by Crippen LogP contribution is 2.18. The Morgan fingerprint density at radius 2 is 2.20 bits per heavy atom. The summed E-state index contributed by atoms with van der Waals surface area (Å²) in [6.45, 7) is 0.679. The van der Waals surface area contributed by atoms with Gasteiger partial charge in [0, 0.05) is 19.9 Å². The second-order valence-corrected chi connectivity index (χ2v) is 4.12. The summed E-state index contributed by atoms with van der Waals surface area (Å²) < 4.78 is 5.90. The maximum atomic E-state index is 12.1. The fourth-order valence-corrected chi connectivity index (χ4v) is 1.85. The number of ether oxygens (including phenoxy) is 1. The molecular formula is C11H13N3O6. The van der Waals surface area contributed by atoms with Crippen molar-refractivity contribution in [2.24, 2.45) is 0 Å². The summed E-state index contributed by atoms with van der Waals surface area (Å²) in [4.78, 5) is 36.0. The van der Waals surface area contributed by atoms with Crippen molar-refractivity contribution in [2.45, 2.75) is 0 Å². The number of carboxylic acid groups (broad SMARTS) is 1.